The van der Waals surface area contributed by atoms with Crippen LogP contribution in [0.3, 0.4) is 0 Å². The minimum atomic E-state index is -0.369. The second kappa shape index (κ2) is 10.1. The van der Waals surface area contributed by atoms with Crippen LogP contribution in [0.25, 0.3) is 23.0 Å². The molecule has 180 valence electrons. The monoisotopic (exact) mass is 484 g/mol. The van der Waals surface area contributed by atoms with E-state index in [4.69, 9.17) is 9.26 Å². The third kappa shape index (κ3) is 5.22. The van der Waals surface area contributed by atoms with Crippen molar-refractivity contribution in [2.24, 2.45) is 0 Å². The van der Waals surface area contributed by atoms with Crippen molar-refractivity contribution in [2.75, 3.05) is 17.7 Å². The topological polar surface area (TPSA) is 107 Å². The van der Waals surface area contributed by atoms with Gasteiger partial charge in [0.2, 0.25) is 5.82 Å². The summed E-state index contributed by atoms with van der Waals surface area (Å²) in [5, 5.41) is 9.53. The first-order valence-corrected chi connectivity index (χ1v) is 11.0. The highest BCUT2D eigenvalue weighted by Crippen LogP contribution is 2.24. The number of para-hydroxylation sites is 2. The number of methoxy groups -OCH3 is 1. The number of anilines is 2. The molecule has 2 aromatic heterocycles. The normalized spacial score (nSPS) is 10.7. The molecule has 0 aliphatic carbocycles. The molecule has 0 aliphatic rings. The number of hydrogen-bond acceptors (Lipinski definition) is 6. The molecule has 0 aliphatic heterocycles. The molecule has 2 amide bonds. The molecular formula is C26H21FN6O3. The lowest BCUT2D eigenvalue weighted by Crippen LogP contribution is -2.19. The Morgan fingerprint density at radius 2 is 1.81 bits per heavy atom. The van der Waals surface area contributed by atoms with Crippen LogP contribution < -0.4 is 15.4 Å². The van der Waals surface area contributed by atoms with E-state index in [0.29, 0.717) is 40.8 Å². The number of aromatic nitrogens is 4. The SMILES string of the molecule is COc1ccccc1NC(=O)Nc1ccc(Cn2cnc(-c3nc(-c4ccc(F)cc4)no3)c2)cc1. The van der Waals surface area contributed by atoms with Crippen molar-refractivity contribution in [2.45, 2.75) is 6.54 Å². The van der Waals surface area contributed by atoms with E-state index in [9.17, 15) is 9.18 Å². The fraction of sp³-hybridized carbons (Fsp3) is 0.0769. The van der Waals surface area contributed by atoms with Crippen LogP contribution in [0.2, 0.25) is 0 Å². The maximum absolute atomic E-state index is 13.1. The third-order valence-corrected chi connectivity index (χ3v) is 5.31. The maximum Gasteiger partial charge on any atom is 0.323 e. The lowest BCUT2D eigenvalue weighted by molar-refractivity contribution is 0.262. The number of nitrogens with one attached hydrogen (secondary N) is 2. The van der Waals surface area contributed by atoms with Crippen LogP contribution in [0, 0.1) is 5.82 Å². The number of nitrogens with zero attached hydrogens (tertiary/aromatic N) is 4. The Morgan fingerprint density at radius 1 is 1.03 bits per heavy atom. The number of imidazole rings is 1. The summed E-state index contributed by atoms with van der Waals surface area (Å²) >= 11 is 0. The predicted octanol–water partition coefficient (Wildman–Crippen LogP) is 5.44. The van der Waals surface area contributed by atoms with Gasteiger partial charge in [-0.05, 0) is 54.1 Å². The number of benzene rings is 3. The highest BCUT2D eigenvalue weighted by molar-refractivity contribution is 6.00. The Balaban J connectivity index is 1.20. The standard InChI is InChI=1S/C26H21FN6O3/c1-35-23-5-3-2-4-21(23)30-26(34)29-20-12-6-17(7-13-20)14-33-15-22(28-16-33)25-31-24(32-36-25)18-8-10-19(27)11-9-18/h2-13,15-16H,14H2,1H3,(H2,29,30,34). The number of halogens is 1. The van der Waals surface area contributed by atoms with Crippen molar-refractivity contribution in [3.8, 4) is 28.7 Å². The molecule has 5 aromatic rings. The number of hydrogen-bond donors (Lipinski definition) is 2. The lowest BCUT2D eigenvalue weighted by atomic mass is 10.2. The van der Waals surface area contributed by atoms with Gasteiger partial charge in [0.05, 0.1) is 19.1 Å². The van der Waals surface area contributed by atoms with E-state index in [0.717, 1.165) is 5.56 Å². The zero-order valence-electron chi connectivity index (χ0n) is 19.2. The van der Waals surface area contributed by atoms with Gasteiger partial charge in [0.1, 0.15) is 17.3 Å². The highest BCUT2D eigenvalue weighted by atomic mass is 19.1. The molecule has 10 heteroatoms. The number of carbonyl (C=O) groups is 1. The molecule has 0 atom stereocenters. The van der Waals surface area contributed by atoms with E-state index in [1.807, 2.05) is 41.0 Å². The summed E-state index contributed by atoms with van der Waals surface area (Å²) in [6.45, 7) is 0.555. The smallest absolute Gasteiger partial charge is 0.323 e. The summed E-state index contributed by atoms with van der Waals surface area (Å²) in [5.41, 5.74) is 3.41. The van der Waals surface area contributed by atoms with Gasteiger partial charge in [0.15, 0.2) is 0 Å². The molecule has 0 saturated carbocycles. The molecule has 0 unspecified atom stereocenters. The van der Waals surface area contributed by atoms with E-state index in [2.05, 4.69) is 25.8 Å². The van der Waals surface area contributed by atoms with Gasteiger partial charge in [-0.15, -0.1) is 0 Å². The Hall–Kier alpha value is -4.99. The van der Waals surface area contributed by atoms with Crippen LogP contribution in [0.4, 0.5) is 20.6 Å². The van der Waals surface area contributed by atoms with Gasteiger partial charge in [-0.1, -0.05) is 29.4 Å². The van der Waals surface area contributed by atoms with Gasteiger partial charge >= 0.3 is 6.03 Å². The second-order valence-electron chi connectivity index (χ2n) is 7.84. The van der Waals surface area contributed by atoms with Gasteiger partial charge < -0.3 is 24.5 Å². The van der Waals surface area contributed by atoms with Crippen LogP contribution in [0.15, 0.2) is 89.8 Å². The summed E-state index contributed by atoms with van der Waals surface area (Å²) in [6, 6.07) is 20.1. The largest absolute Gasteiger partial charge is 0.495 e. The van der Waals surface area contributed by atoms with Crippen molar-refractivity contribution in [1.29, 1.82) is 0 Å². The first-order chi connectivity index (χ1) is 17.6. The molecule has 0 fully saturated rings. The average molecular weight is 484 g/mol. The summed E-state index contributed by atoms with van der Waals surface area (Å²) in [7, 11) is 1.55. The third-order valence-electron chi connectivity index (χ3n) is 5.31. The van der Waals surface area contributed by atoms with E-state index in [1.165, 1.54) is 12.1 Å². The maximum atomic E-state index is 13.1. The van der Waals surface area contributed by atoms with Crippen LogP contribution >= 0.6 is 0 Å². The zero-order chi connectivity index (χ0) is 24.9. The summed E-state index contributed by atoms with van der Waals surface area (Å²) < 4.78 is 25.6. The number of urea groups is 1. The molecule has 0 radical (unpaired) electrons. The molecule has 0 saturated heterocycles. The molecule has 2 heterocycles. The summed E-state index contributed by atoms with van der Waals surface area (Å²) in [5.74, 6) is 0.877. The van der Waals surface area contributed by atoms with E-state index < -0.39 is 0 Å². The van der Waals surface area contributed by atoms with Crippen molar-refractivity contribution in [3.63, 3.8) is 0 Å². The van der Waals surface area contributed by atoms with Crippen molar-refractivity contribution in [1.82, 2.24) is 19.7 Å². The van der Waals surface area contributed by atoms with Crippen LogP contribution in [-0.4, -0.2) is 32.8 Å². The van der Waals surface area contributed by atoms with Gasteiger partial charge in [-0.2, -0.15) is 4.98 Å². The number of carbonyl (C=O) groups excluding carboxylic acids is 1. The van der Waals surface area contributed by atoms with Gasteiger partial charge in [0.25, 0.3) is 5.89 Å². The van der Waals surface area contributed by atoms with E-state index in [1.54, 1.807) is 43.9 Å². The van der Waals surface area contributed by atoms with E-state index >= 15 is 0 Å². The Kier molecular flexibility index (Phi) is 6.39. The lowest BCUT2D eigenvalue weighted by Gasteiger charge is -2.11. The highest BCUT2D eigenvalue weighted by Gasteiger charge is 2.13. The molecule has 9 nitrogen and oxygen atoms in total. The predicted molar refractivity (Wildman–Crippen MR) is 132 cm³/mol. The van der Waals surface area contributed by atoms with Crippen LogP contribution in [-0.2, 0) is 6.54 Å². The average Bonchev–Trinajstić information content (AvgIpc) is 3.56. The van der Waals surface area contributed by atoms with Crippen molar-refractivity contribution < 1.29 is 18.4 Å². The molecule has 3 aromatic carbocycles. The molecular weight excluding hydrogens is 463 g/mol. The van der Waals surface area contributed by atoms with Gasteiger partial charge in [0, 0.05) is 24.0 Å². The van der Waals surface area contributed by atoms with Crippen LogP contribution in [0.1, 0.15) is 5.56 Å². The molecule has 0 spiro atoms. The molecule has 2 N–H and O–H groups in total. The minimum absolute atomic E-state index is 0.272. The fourth-order valence-corrected chi connectivity index (χ4v) is 3.54. The first kappa shape index (κ1) is 22.8. The zero-order valence-corrected chi connectivity index (χ0v) is 19.2. The van der Waals surface area contributed by atoms with Crippen molar-refractivity contribution in [3.05, 3.63) is 96.7 Å². The summed E-state index contributed by atoms with van der Waals surface area (Å²) in [4.78, 5) is 21.0. The van der Waals surface area contributed by atoms with Gasteiger partial charge in [-0.25, -0.2) is 14.2 Å². The Morgan fingerprint density at radius 3 is 2.58 bits per heavy atom. The molecule has 0 bridgehead atoms. The van der Waals surface area contributed by atoms with Gasteiger partial charge in [-0.3, -0.25) is 0 Å². The number of amides is 2. The number of ether oxygens (including phenoxy) is 1. The van der Waals surface area contributed by atoms with Crippen LogP contribution in [0.5, 0.6) is 5.75 Å². The Bertz CT molecular complexity index is 1480. The minimum Gasteiger partial charge on any atom is -0.495 e. The fourth-order valence-electron chi connectivity index (χ4n) is 3.54. The number of rotatable bonds is 7. The van der Waals surface area contributed by atoms with Crippen molar-refractivity contribution >= 4 is 17.4 Å². The quantitative estimate of drug-likeness (QED) is 0.319. The molecule has 36 heavy (non-hydrogen) atoms. The molecule has 5 rings (SSSR count). The first-order valence-electron chi connectivity index (χ1n) is 11.0. The second-order valence-corrected chi connectivity index (χ2v) is 7.84. The Labute approximate surface area is 205 Å². The van der Waals surface area contributed by atoms with E-state index in [-0.39, 0.29) is 17.7 Å². The summed E-state index contributed by atoms with van der Waals surface area (Å²) in [6.07, 6.45) is 3.47.